The van der Waals surface area contributed by atoms with Crippen LogP contribution < -0.4 is 10.0 Å². The maximum Gasteiger partial charge on any atom is 0.259 e. The second kappa shape index (κ2) is 9.60. The molecule has 9 heteroatoms. The molecule has 0 atom stereocenters. The Kier molecular flexibility index (Phi) is 7.34. The van der Waals surface area contributed by atoms with Crippen molar-refractivity contribution >= 4 is 21.6 Å². The van der Waals surface area contributed by atoms with Gasteiger partial charge in [0.2, 0.25) is 10.0 Å². The summed E-state index contributed by atoms with van der Waals surface area (Å²) in [4.78, 5) is 13.8. The Bertz CT molecular complexity index is 839. The van der Waals surface area contributed by atoms with Crippen LogP contribution in [0.3, 0.4) is 0 Å². The minimum Gasteiger partial charge on any atom is -0.385 e. The average molecular weight is 444 g/mol. The van der Waals surface area contributed by atoms with E-state index in [2.05, 4.69) is 10.0 Å². The third-order valence-corrected chi connectivity index (χ3v) is 7.95. The molecule has 0 unspecified atom stereocenters. The van der Waals surface area contributed by atoms with E-state index in [4.69, 9.17) is 0 Å². The Morgan fingerprint density at radius 2 is 1.67 bits per heavy atom. The summed E-state index contributed by atoms with van der Waals surface area (Å²) in [6.45, 7) is 4.92. The van der Waals surface area contributed by atoms with Crippen LogP contribution in [0.25, 0.3) is 0 Å². The van der Waals surface area contributed by atoms with Crippen LogP contribution in [-0.2, 0) is 10.0 Å². The summed E-state index contributed by atoms with van der Waals surface area (Å²) in [6.07, 6.45) is 4.85. The maximum atomic E-state index is 14.5. The highest BCUT2D eigenvalue weighted by Crippen LogP contribution is 2.27. The smallest absolute Gasteiger partial charge is 0.259 e. The van der Waals surface area contributed by atoms with E-state index < -0.39 is 38.4 Å². The van der Waals surface area contributed by atoms with Crippen LogP contribution in [0.4, 0.5) is 14.5 Å². The molecule has 1 aliphatic heterocycles. The Morgan fingerprint density at radius 3 is 2.20 bits per heavy atom. The van der Waals surface area contributed by atoms with Crippen LogP contribution in [0, 0.1) is 17.6 Å². The average Bonchev–Trinajstić information content (AvgIpc) is 3.21. The van der Waals surface area contributed by atoms with Crippen LogP contribution in [0.5, 0.6) is 0 Å². The van der Waals surface area contributed by atoms with E-state index >= 15 is 0 Å². The number of rotatable bonds is 7. The molecule has 3 rings (SSSR count). The molecule has 30 heavy (non-hydrogen) atoms. The molecule has 0 aromatic heterocycles. The number of anilines is 1. The lowest BCUT2D eigenvalue weighted by atomic mass is 9.86. The predicted octanol–water partition coefficient (Wildman–Crippen LogP) is 3.50. The molecule has 1 aromatic carbocycles. The second-order valence-corrected chi connectivity index (χ2v) is 10.9. The van der Waals surface area contributed by atoms with Crippen LogP contribution in [-0.4, -0.2) is 50.2 Å². The number of amides is 1. The van der Waals surface area contributed by atoms with Crippen molar-refractivity contribution in [3.8, 4) is 0 Å². The van der Waals surface area contributed by atoms with Crippen molar-refractivity contribution in [2.75, 3.05) is 25.0 Å². The molecular formula is C21H31F2N3O3S. The molecule has 0 spiro atoms. The number of hydrogen-bond donors (Lipinski definition) is 2. The van der Waals surface area contributed by atoms with E-state index in [0.717, 1.165) is 38.5 Å². The molecule has 0 radical (unpaired) electrons. The van der Waals surface area contributed by atoms with Gasteiger partial charge in [-0.15, -0.1) is 0 Å². The van der Waals surface area contributed by atoms with Crippen molar-refractivity contribution < 1.29 is 22.0 Å². The quantitative estimate of drug-likeness (QED) is 0.676. The van der Waals surface area contributed by atoms with Crippen LogP contribution in [0.1, 0.15) is 62.7 Å². The summed E-state index contributed by atoms with van der Waals surface area (Å²) in [5.74, 6) is -1.99. The molecule has 1 saturated heterocycles. The van der Waals surface area contributed by atoms with Gasteiger partial charge in [-0.25, -0.2) is 21.9 Å². The first-order valence-corrected chi connectivity index (χ1v) is 12.3. The highest BCUT2D eigenvalue weighted by atomic mass is 32.2. The Labute approximate surface area is 177 Å². The Hall–Kier alpha value is -1.74. The van der Waals surface area contributed by atoms with Crippen LogP contribution in [0.2, 0.25) is 0 Å². The first kappa shape index (κ1) is 22.9. The van der Waals surface area contributed by atoms with Crippen molar-refractivity contribution in [3.05, 3.63) is 29.3 Å². The van der Waals surface area contributed by atoms with Gasteiger partial charge in [-0.3, -0.25) is 4.79 Å². The molecule has 2 aliphatic rings. The van der Waals surface area contributed by atoms with Crippen molar-refractivity contribution in [2.24, 2.45) is 5.92 Å². The summed E-state index contributed by atoms with van der Waals surface area (Å²) < 4.78 is 55.7. The van der Waals surface area contributed by atoms with Gasteiger partial charge in [0, 0.05) is 31.4 Å². The summed E-state index contributed by atoms with van der Waals surface area (Å²) in [5, 5.41) is 2.61. The minimum absolute atomic E-state index is 0.0561. The number of hydrogen-bond acceptors (Lipinski definition) is 4. The number of nitrogens with zero attached hydrogens (tertiary/aromatic N) is 1. The van der Waals surface area contributed by atoms with Crippen molar-refractivity contribution in [1.29, 1.82) is 0 Å². The normalized spacial score (nSPS) is 22.5. The highest BCUT2D eigenvalue weighted by Gasteiger charge is 2.28. The van der Waals surface area contributed by atoms with Gasteiger partial charge in [-0.2, -0.15) is 0 Å². The standard InChI is InChI=1S/C21H31F2N3O3S/c1-14(2)30(28,29)25-16-7-5-15(6-8-16)13-24-17-11-18(22)20(19(23)12-17)21(27)26-9-3-4-10-26/h11-12,14-16,24-25H,3-10,13H2,1-2H3/t15-,16-. The Balaban J connectivity index is 1.52. The first-order valence-electron chi connectivity index (χ1n) is 10.7. The molecule has 2 N–H and O–H groups in total. The molecule has 2 fully saturated rings. The van der Waals surface area contributed by atoms with Crippen LogP contribution in [0.15, 0.2) is 12.1 Å². The van der Waals surface area contributed by atoms with Crippen molar-refractivity contribution in [1.82, 2.24) is 9.62 Å². The van der Waals surface area contributed by atoms with Gasteiger partial charge in [-0.05, 0) is 70.4 Å². The molecule has 168 valence electrons. The van der Waals surface area contributed by atoms with E-state index in [-0.39, 0.29) is 6.04 Å². The zero-order valence-corrected chi connectivity index (χ0v) is 18.4. The first-order chi connectivity index (χ1) is 14.2. The number of carbonyl (C=O) groups is 1. The molecule has 6 nitrogen and oxygen atoms in total. The summed E-state index contributed by atoms with van der Waals surface area (Å²) in [7, 11) is -3.28. The van der Waals surface area contributed by atoms with E-state index in [1.165, 1.54) is 17.0 Å². The third kappa shape index (κ3) is 5.49. The number of likely N-dealkylation sites (tertiary alicyclic amines) is 1. The number of nitrogens with one attached hydrogen (secondary N) is 2. The fourth-order valence-electron chi connectivity index (χ4n) is 4.07. The van der Waals surface area contributed by atoms with Crippen molar-refractivity contribution in [3.63, 3.8) is 0 Å². The summed E-state index contributed by atoms with van der Waals surface area (Å²) in [6, 6.07) is 2.29. The molecule has 1 aliphatic carbocycles. The van der Waals surface area contributed by atoms with Gasteiger partial charge >= 0.3 is 0 Å². The largest absolute Gasteiger partial charge is 0.385 e. The molecular weight excluding hydrogens is 412 g/mol. The van der Waals surface area contributed by atoms with Gasteiger partial charge in [0.15, 0.2) is 0 Å². The zero-order chi connectivity index (χ0) is 21.9. The predicted molar refractivity (Wildman–Crippen MR) is 113 cm³/mol. The Morgan fingerprint density at radius 1 is 1.10 bits per heavy atom. The van der Waals surface area contributed by atoms with Gasteiger partial charge < -0.3 is 10.2 Å². The monoisotopic (exact) mass is 443 g/mol. The third-order valence-electron chi connectivity index (χ3n) is 6.04. The van der Waals surface area contributed by atoms with Gasteiger partial charge in [0.1, 0.15) is 17.2 Å². The van der Waals surface area contributed by atoms with Gasteiger partial charge in [-0.1, -0.05) is 0 Å². The number of carbonyl (C=O) groups excluding carboxylic acids is 1. The number of benzene rings is 1. The molecule has 1 saturated carbocycles. The molecule has 1 heterocycles. The van der Waals surface area contributed by atoms with E-state index in [9.17, 15) is 22.0 Å². The lowest BCUT2D eigenvalue weighted by Gasteiger charge is -2.29. The maximum absolute atomic E-state index is 14.5. The minimum atomic E-state index is -3.28. The fourth-order valence-corrected chi connectivity index (χ4v) is 5.05. The summed E-state index contributed by atoms with van der Waals surface area (Å²) in [5.41, 5.74) is -0.175. The van der Waals surface area contributed by atoms with E-state index in [1.807, 2.05) is 0 Å². The number of sulfonamides is 1. The SMILES string of the molecule is CC(C)S(=O)(=O)N[C@H]1CC[C@H](CNc2cc(F)c(C(=O)N3CCCC3)c(F)c2)CC1. The van der Waals surface area contributed by atoms with Crippen LogP contribution >= 0.6 is 0 Å². The molecule has 0 bridgehead atoms. The molecule has 1 aromatic rings. The van der Waals surface area contributed by atoms with Gasteiger partial charge in [0.05, 0.1) is 5.25 Å². The van der Waals surface area contributed by atoms with Gasteiger partial charge in [0.25, 0.3) is 5.91 Å². The lowest BCUT2D eigenvalue weighted by molar-refractivity contribution is 0.0783. The second-order valence-electron chi connectivity index (χ2n) is 8.62. The summed E-state index contributed by atoms with van der Waals surface area (Å²) >= 11 is 0. The van der Waals surface area contributed by atoms with E-state index in [0.29, 0.717) is 31.2 Å². The highest BCUT2D eigenvalue weighted by molar-refractivity contribution is 7.90. The number of halogens is 2. The fraction of sp³-hybridized carbons (Fsp3) is 0.667. The van der Waals surface area contributed by atoms with E-state index in [1.54, 1.807) is 13.8 Å². The lowest BCUT2D eigenvalue weighted by Crippen LogP contribution is -2.41. The molecule has 1 amide bonds. The van der Waals surface area contributed by atoms with Crippen molar-refractivity contribution in [2.45, 2.75) is 63.7 Å². The zero-order valence-electron chi connectivity index (χ0n) is 17.6. The topological polar surface area (TPSA) is 78.5 Å².